The van der Waals surface area contributed by atoms with Crippen LogP contribution in [0, 0.1) is 17.6 Å². The molecule has 0 radical (unpaired) electrons. The summed E-state index contributed by atoms with van der Waals surface area (Å²) in [7, 11) is 2.28. The second kappa shape index (κ2) is 6.70. The minimum Gasteiger partial charge on any atom is -0.342 e. The zero-order valence-electron chi connectivity index (χ0n) is 11.9. The Morgan fingerprint density at radius 1 is 1.33 bits per heavy atom. The van der Waals surface area contributed by atoms with Crippen molar-refractivity contribution in [1.82, 2.24) is 4.90 Å². The lowest BCUT2D eigenvalue weighted by molar-refractivity contribution is 0.0783. The quantitative estimate of drug-likeness (QED) is 0.775. The van der Waals surface area contributed by atoms with E-state index < -0.39 is 37.1 Å². The SMILES string of the molecule is CC(C)CCN(C)C(=O)c1cc(S(=O)(=O)Cl)cc(F)c1F. The molecule has 1 aromatic rings. The van der Waals surface area contributed by atoms with Gasteiger partial charge in [-0.2, -0.15) is 0 Å². The lowest BCUT2D eigenvalue weighted by Gasteiger charge is -2.19. The van der Waals surface area contributed by atoms with Gasteiger partial charge in [-0.3, -0.25) is 4.79 Å². The van der Waals surface area contributed by atoms with E-state index >= 15 is 0 Å². The summed E-state index contributed by atoms with van der Waals surface area (Å²) < 4.78 is 49.6. The summed E-state index contributed by atoms with van der Waals surface area (Å²) in [6.45, 7) is 4.26. The van der Waals surface area contributed by atoms with Crippen LogP contribution >= 0.6 is 10.7 Å². The van der Waals surface area contributed by atoms with Gasteiger partial charge in [-0.25, -0.2) is 17.2 Å². The second-order valence-corrected chi connectivity index (χ2v) is 7.68. The molecule has 8 heteroatoms. The minimum atomic E-state index is -4.25. The third-order valence-corrected chi connectivity index (χ3v) is 4.24. The Hall–Kier alpha value is -1.21. The normalized spacial score (nSPS) is 11.8. The van der Waals surface area contributed by atoms with Crippen LogP contribution in [0.1, 0.15) is 30.6 Å². The second-order valence-electron chi connectivity index (χ2n) is 5.11. The number of rotatable bonds is 5. The molecule has 1 rings (SSSR count). The summed E-state index contributed by atoms with van der Waals surface area (Å²) in [5, 5.41) is 0. The zero-order chi connectivity index (χ0) is 16.4. The topological polar surface area (TPSA) is 54.5 Å². The first-order valence-corrected chi connectivity index (χ1v) is 8.54. The highest BCUT2D eigenvalue weighted by atomic mass is 35.7. The van der Waals surface area contributed by atoms with Crippen molar-refractivity contribution in [3.63, 3.8) is 0 Å². The number of nitrogens with zero attached hydrogens (tertiary/aromatic N) is 1. The van der Waals surface area contributed by atoms with Gasteiger partial charge in [0.15, 0.2) is 11.6 Å². The minimum absolute atomic E-state index is 0.330. The van der Waals surface area contributed by atoms with Gasteiger partial charge in [0, 0.05) is 24.3 Å². The standard InChI is InChI=1S/C13H16ClF2NO3S/c1-8(2)4-5-17(3)13(18)10-6-9(21(14,19)20)7-11(15)12(10)16/h6-8H,4-5H2,1-3H3. The number of halogens is 3. The molecule has 1 amide bonds. The lowest BCUT2D eigenvalue weighted by atomic mass is 10.1. The van der Waals surface area contributed by atoms with Crippen LogP contribution in [-0.4, -0.2) is 32.8 Å². The first kappa shape index (κ1) is 17.8. The highest BCUT2D eigenvalue weighted by Gasteiger charge is 2.23. The Kier molecular flexibility index (Phi) is 5.69. The summed E-state index contributed by atoms with van der Waals surface area (Å²) in [5.74, 6) is -3.29. The van der Waals surface area contributed by atoms with Gasteiger partial charge < -0.3 is 4.90 Å². The number of carbonyl (C=O) groups excluding carboxylic acids is 1. The average molecular weight is 340 g/mol. The molecule has 0 aromatic heterocycles. The molecule has 0 heterocycles. The molecule has 0 atom stereocenters. The molecule has 0 N–H and O–H groups in total. The first-order valence-electron chi connectivity index (χ1n) is 6.23. The van der Waals surface area contributed by atoms with E-state index in [9.17, 15) is 22.0 Å². The Bertz CT molecular complexity index is 647. The van der Waals surface area contributed by atoms with Gasteiger partial charge >= 0.3 is 0 Å². The van der Waals surface area contributed by atoms with Gasteiger partial charge in [0.25, 0.3) is 15.0 Å². The van der Waals surface area contributed by atoms with Crippen molar-refractivity contribution in [2.75, 3.05) is 13.6 Å². The molecular formula is C13H16ClF2NO3S. The van der Waals surface area contributed by atoms with Gasteiger partial charge in [-0.1, -0.05) is 13.8 Å². The van der Waals surface area contributed by atoms with E-state index in [1.165, 1.54) is 11.9 Å². The number of carbonyl (C=O) groups is 1. The maximum atomic E-state index is 13.7. The van der Waals surface area contributed by atoms with E-state index in [0.29, 0.717) is 24.9 Å². The first-order chi connectivity index (χ1) is 9.54. The van der Waals surface area contributed by atoms with Crippen molar-refractivity contribution < 1.29 is 22.0 Å². The van der Waals surface area contributed by atoms with E-state index in [4.69, 9.17) is 10.7 Å². The molecule has 0 fully saturated rings. The van der Waals surface area contributed by atoms with Crippen LogP contribution in [0.25, 0.3) is 0 Å². The molecule has 4 nitrogen and oxygen atoms in total. The van der Waals surface area contributed by atoms with E-state index in [1.54, 1.807) is 0 Å². The monoisotopic (exact) mass is 339 g/mol. The molecule has 0 spiro atoms. The van der Waals surface area contributed by atoms with E-state index in [2.05, 4.69) is 0 Å². The Balaban J connectivity index is 3.17. The zero-order valence-corrected chi connectivity index (χ0v) is 13.4. The Morgan fingerprint density at radius 3 is 2.38 bits per heavy atom. The third-order valence-electron chi connectivity index (χ3n) is 2.90. The molecule has 118 valence electrons. The van der Waals surface area contributed by atoms with Crippen molar-refractivity contribution in [3.05, 3.63) is 29.3 Å². The van der Waals surface area contributed by atoms with Crippen molar-refractivity contribution >= 4 is 25.6 Å². The van der Waals surface area contributed by atoms with Crippen LogP contribution in [0.2, 0.25) is 0 Å². The molecule has 0 aliphatic carbocycles. The predicted molar refractivity (Wildman–Crippen MR) is 75.8 cm³/mol. The van der Waals surface area contributed by atoms with Gasteiger partial charge in [0.1, 0.15) is 0 Å². The molecular weight excluding hydrogens is 324 g/mol. The van der Waals surface area contributed by atoms with Gasteiger partial charge in [0.05, 0.1) is 10.5 Å². The fourth-order valence-corrected chi connectivity index (χ4v) is 2.39. The molecule has 0 saturated carbocycles. The fourth-order valence-electron chi connectivity index (χ4n) is 1.62. The summed E-state index contributed by atoms with van der Waals surface area (Å²) in [6, 6.07) is 1.19. The summed E-state index contributed by atoms with van der Waals surface area (Å²) >= 11 is 0. The number of amides is 1. The smallest absolute Gasteiger partial charge is 0.261 e. The van der Waals surface area contributed by atoms with Gasteiger partial charge in [0.2, 0.25) is 0 Å². The largest absolute Gasteiger partial charge is 0.342 e. The summed E-state index contributed by atoms with van der Waals surface area (Å²) in [4.78, 5) is 12.7. The van der Waals surface area contributed by atoms with Crippen molar-refractivity contribution in [2.45, 2.75) is 25.2 Å². The van der Waals surface area contributed by atoms with Crippen LogP contribution in [-0.2, 0) is 9.05 Å². The summed E-state index contributed by atoms with van der Waals surface area (Å²) in [6.07, 6.45) is 0.680. The Labute approximate surface area is 127 Å². The maximum Gasteiger partial charge on any atom is 0.261 e. The van der Waals surface area contributed by atoms with E-state index in [1.807, 2.05) is 13.8 Å². The lowest BCUT2D eigenvalue weighted by Crippen LogP contribution is -2.29. The van der Waals surface area contributed by atoms with Crippen LogP contribution in [0.3, 0.4) is 0 Å². The highest BCUT2D eigenvalue weighted by molar-refractivity contribution is 8.13. The van der Waals surface area contributed by atoms with E-state index in [0.717, 1.165) is 6.07 Å². The predicted octanol–water partition coefficient (Wildman–Crippen LogP) is 3.01. The van der Waals surface area contributed by atoms with Crippen LogP contribution < -0.4 is 0 Å². The number of benzene rings is 1. The molecule has 21 heavy (non-hydrogen) atoms. The molecule has 0 bridgehead atoms. The number of hydrogen-bond acceptors (Lipinski definition) is 3. The molecule has 0 aliphatic heterocycles. The average Bonchev–Trinajstić information content (AvgIpc) is 2.36. The number of hydrogen-bond donors (Lipinski definition) is 0. The molecule has 0 unspecified atom stereocenters. The van der Waals surface area contributed by atoms with Crippen molar-refractivity contribution in [1.29, 1.82) is 0 Å². The maximum absolute atomic E-state index is 13.7. The molecule has 0 aliphatic rings. The Morgan fingerprint density at radius 2 is 1.90 bits per heavy atom. The van der Waals surface area contributed by atoms with Crippen LogP contribution in [0.15, 0.2) is 17.0 Å². The van der Waals surface area contributed by atoms with Gasteiger partial charge in [-0.05, 0) is 24.5 Å². The summed E-state index contributed by atoms with van der Waals surface area (Å²) in [5.41, 5.74) is -0.652. The van der Waals surface area contributed by atoms with Crippen LogP contribution in [0.5, 0.6) is 0 Å². The van der Waals surface area contributed by atoms with Crippen molar-refractivity contribution in [3.8, 4) is 0 Å². The highest BCUT2D eigenvalue weighted by Crippen LogP contribution is 2.22. The molecule has 1 aromatic carbocycles. The van der Waals surface area contributed by atoms with Crippen LogP contribution in [0.4, 0.5) is 8.78 Å². The van der Waals surface area contributed by atoms with E-state index in [-0.39, 0.29) is 0 Å². The van der Waals surface area contributed by atoms with Gasteiger partial charge in [-0.15, -0.1) is 0 Å². The fraction of sp³-hybridized carbons (Fsp3) is 0.462. The molecule has 0 saturated heterocycles. The van der Waals surface area contributed by atoms with Crippen molar-refractivity contribution in [2.24, 2.45) is 5.92 Å². The third kappa shape index (κ3) is 4.64.